The van der Waals surface area contributed by atoms with Crippen molar-refractivity contribution in [1.82, 2.24) is 15.1 Å². The third-order valence-corrected chi connectivity index (χ3v) is 8.63. The largest absolute Gasteiger partial charge is 0.335 e. The van der Waals surface area contributed by atoms with Crippen LogP contribution in [0.3, 0.4) is 0 Å². The third-order valence-electron chi connectivity index (χ3n) is 8.63. The summed E-state index contributed by atoms with van der Waals surface area (Å²) < 4.78 is 0. The van der Waals surface area contributed by atoms with E-state index in [4.69, 9.17) is 0 Å². The molecule has 2 atom stereocenters. The van der Waals surface area contributed by atoms with Crippen LogP contribution in [0.2, 0.25) is 0 Å². The van der Waals surface area contributed by atoms with Crippen LogP contribution in [0.1, 0.15) is 59.3 Å². The molecule has 0 spiro atoms. The predicted molar refractivity (Wildman–Crippen MR) is 149 cm³/mol. The van der Waals surface area contributed by atoms with Crippen molar-refractivity contribution in [3.63, 3.8) is 0 Å². The van der Waals surface area contributed by atoms with Crippen molar-refractivity contribution in [2.75, 3.05) is 38.0 Å². The normalized spacial score (nSPS) is 26.6. The van der Waals surface area contributed by atoms with Gasteiger partial charge in [-0.1, -0.05) is 69.3 Å². The van der Waals surface area contributed by atoms with Gasteiger partial charge < -0.3 is 15.5 Å². The number of likely N-dealkylation sites (tertiary alicyclic amines) is 2. The highest BCUT2D eigenvalue weighted by atomic mass is 16.2. The van der Waals surface area contributed by atoms with E-state index in [1.807, 2.05) is 36.4 Å². The first kappa shape index (κ1) is 25.3. The molecule has 2 aromatic rings. The van der Waals surface area contributed by atoms with Gasteiger partial charge in [0.25, 0.3) is 0 Å². The second-order valence-electron chi connectivity index (χ2n) is 12.7. The van der Waals surface area contributed by atoms with Crippen molar-refractivity contribution in [3.05, 3.63) is 54.6 Å². The van der Waals surface area contributed by atoms with Crippen LogP contribution >= 0.6 is 0 Å². The van der Waals surface area contributed by atoms with E-state index in [1.54, 1.807) is 0 Å². The number of rotatable bonds is 7. The highest BCUT2D eigenvalue weighted by Gasteiger charge is 2.49. The van der Waals surface area contributed by atoms with Gasteiger partial charge in [-0.3, -0.25) is 4.90 Å². The molecule has 2 N–H and O–H groups in total. The monoisotopic (exact) mass is 488 g/mol. The van der Waals surface area contributed by atoms with Crippen molar-refractivity contribution < 1.29 is 4.79 Å². The molecule has 2 bridgehead atoms. The van der Waals surface area contributed by atoms with Crippen LogP contribution in [0.25, 0.3) is 11.1 Å². The Bertz CT molecular complexity index is 1030. The summed E-state index contributed by atoms with van der Waals surface area (Å²) in [6, 6.07) is 19.1. The number of para-hydroxylation sites is 1. The van der Waals surface area contributed by atoms with Crippen molar-refractivity contribution >= 4 is 11.7 Å². The summed E-state index contributed by atoms with van der Waals surface area (Å²) in [4.78, 5) is 18.2. The van der Waals surface area contributed by atoms with Gasteiger partial charge in [-0.25, -0.2) is 4.79 Å². The van der Waals surface area contributed by atoms with Gasteiger partial charge in [0.1, 0.15) is 0 Å². The molecule has 5 rings (SSSR count). The zero-order chi connectivity index (χ0) is 25.2. The van der Waals surface area contributed by atoms with Gasteiger partial charge in [0, 0.05) is 37.3 Å². The van der Waals surface area contributed by atoms with Crippen molar-refractivity contribution in [1.29, 1.82) is 0 Å². The zero-order valence-corrected chi connectivity index (χ0v) is 22.4. The number of hydrogen-bond acceptors (Lipinski definition) is 3. The van der Waals surface area contributed by atoms with E-state index in [1.165, 1.54) is 45.3 Å². The molecular formula is C31H44N4O. The average molecular weight is 489 g/mol. The van der Waals surface area contributed by atoms with E-state index in [0.29, 0.717) is 10.8 Å². The number of amides is 2. The second kappa shape index (κ2) is 10.5. The Morgan fingerprint density at radius 1 is 0.944 bits per heavy atom. The molecule has 2 heterocycles. The minimum absolute atomic E-state index is 0.103. The standard InChI is InChI=1S/C31H44N4O/c1-30(2)20-26-21-31(3,22-30)23-35(26)17-9-16-34-18-14-25(15-19-34)32-29(36)33-28-13-8-7-12-27(28)24-10-5-4-6-11-24/h4-8,10-13,25-26H,9,14-23H2,1-3H3,(H2,32,33,36)/t26-,31+/m0/s1. The lowest BCUT2D eigenvalue weighted by atomic mass is 9.65. The Labute approximate surface area is 217 Å². The maximum Gasteiger partial charge on any atom is 0.319 e. The van der Waals surface area contributed by atoms with Crippen LogP contribution in [0.4, 0.5) is 10.5 Å². The quantitative estimate of drug-likeness (QED) is 0.486. The molecule has 0 unspecified atom stereocenters. The second-order valence-corrected chi connectivity index (χ2v) is 12.7. The average Bonchev–Trinajstić information content (AvgIpc) is 3.08. The molecule has 3 fully saturated rings. The number of nitrogens with one attached hydrogen (secondary N) is 2. The minimum atomic E-state index is -0.103. The van der Waals surface area contributed by atoms with Gasteiger partial charge in [0.15, 0.2) is 0 Å². The molecule has 1 saturated carbocycles. The van der Waals surface area contributed by atoms with E-state index in [2.05, 4.69) is 59.4 Å². The number of urea groups is 1. The molecule has 36 heavy (non-hydrogen) atoms. The number of hydrogen-bond donors (Lipinski definition) is 2. The fraction of sp³-hybridized carbons (Fsp3) is 0.581. The first-order valence-corrected chi connectivity index (χ1v) is 14.0. The Morgan fingerprint density at radius 2 is 1.67 bits per heavy atom. The number of carbonyl (C=O) groups is 1. The van der Waals surface area contributed by atoms with Gasteiger partial charge in [-0.05, 0) is 74.1 Å². The highest BCUT2D eigenvalue weighted by Crippen LogP contribution is 2.52. The highest BCUT2D eigenvalue weighted by molar-refractivity contribution is 5.94. The van der Waals surface area contributed by atoms with Crippen LogP contribution in [0.5, 0.6) is 0 Å². The van der Waals surface area contributed by atoms with Gasteiger partial charge in [-0.15, -0.1) is 0 Å². The lowest BCUT2D eigenvalue weighted by molar-refractivity contribution is 0.125. The lowest BCUT2D eigenvalue weighted by Gasteiger charge is -2.40. The number of benzene rings is 2. The summed E-state index contributed by atoms with van der Waals surface area (Å²) in [6.45, 7) is 13.3. The summed E-state index contributed by atoms with van der Waals surface area (Å²) in [5.74, 6) is 0. The first-order valence-electron chi connectivity index (χ1n) is 14.0. The number of carbonyl (C=O) groups excluding carboxylic acids is 1. The van der Waals surface area contributed by atoms with Crippen molar-refractivity contribution in [2.45, 2.75) is 71.4 Å². The molecule has 2 aromatic carbocycles. The number of anilines is 1. The Morgan fingerprint density at radius 3 is 2.44 bits per heavy atom. The maximum absolute atomic E-state index is 12.8. The van der Waals surface area contributed by atoms with Crippen LogP contribution in [-0.2, 0) is 0 Å². The fourth-order valence-electron chi connectivity index (χ4n) is 7.44. The Kier molecular flexibility index (Phi) is 7.41. The lowest BCUT2D eigenvalue weighted by Crippen LogP contribution is -2.46. The van der Waals surface area contributed by atoms with Crippen LogP contribution in [-0.4, -0.2) is 60.6 Å². The number of fused-ring (bicyclic) bond motifs is 2. The molecule has 3 aliphatic rings. The van der Waals surface area contributed by atoms with Gasteiger partial charge >= 0.3 is 6.03 Å². The SMILES string of the molecule is CC1(C)C[C@H]2C[C@@](C)(CN2CCCN2CCC(NC(=O)Nc3ccccc3-c3ccccc3)CC2)C1. The maximum atomic E-state index is 12.8. The van der Waals surface area contributed by atoms with Gasteiger partial charge in [0.05, 0.1) is 5.69 Å². The summed E-state index contributed by atoms with van der Waals surface area (Å²) >= 11 is 0. The first-order chi connectivity index (χ1) is 17.3. The number of piperidine rings is 1. The fourth-order valence-corrected chi connectivity index (χ4v) is 7.44. The molecule has 2 saturated heterocycles. The summed E-state index contributed by atoms with van der Waals surface area (Å²) in [6.07, 6.45) is 7.42. The molecule has 1 aliphatic carbocycles. The molecule has 2 amide bonds. The summed E-state index contributed by atoms with van der Waals surface area (Å²) in [7, 11) is 0. The molecule has 5 heteroatoms. The van der Waals surface area contributed by atoms with Crippen LogP contribution < -0.4 is 10.6 Å². The minimum Gasteiger partial charge on any atom is -0.335 e. The molecule has 2 aliphatic heterocycles. The van der Waals surface area contributed by atoms with Gasteiger partial charge in [0.2, 0.25) is 0 Å². The Hall–Kier alpha value is -2.37. The van der Waals surface area contributed by atoms with E-state index in [-0.39, 0.29) is 12.1 Å². The topological polar surface area (TPSA) is 47.6 Å². The zero-order valence-electron chi connectivity index (χ0n) is 22.4. The van der Waals surface area contributed by atoms with E-state index in [9.17, 15) is 4.79 Å². The number of nitrogens with zero attached hydrogens (tertiary/aromatic N) is 2. The van der Waals surface area contributed by atoms with Crippen molar-refractivity contribution in [3.8, 4) is 11.1 Å². The predicted octanol–water partition coefficient (Wildman–Crippen LogP) is 6.23. The third kappa shape index (κ3) is 6.12. The van der Waals surface area contributed by atoms with Crippen LogP contribution in [0, 0.1) is 10.8 Å². The summed E-state index contributed by atoms with van der Waals surface area (Å²) in [5.41, 5.74) is 4.03. The molecule has 0 radical (unpaired) electrons. The van der Waals surface area contributed by atoms with E-state index >= 15 is 0 Å². The van der Waals surface area contributed by atoms with Crippen molar-refractivity contribution in [2.24, 2.45) is 10.8 Å². The van der Waals surface area contributed by atoms with Gasteiger partial charge in [-0.2, -0.15) is 0 Å². The van der Waals surface area contributed by atoms with E-state index < -0.39 is 0 Å². The molecule has 0 aromatic heterocycles. The van der Waals surface area contributed by atoms with Crippen LogP contribution in [0.15, 0.2) is 54.6 Å². The van der Waals surface area contributed by atoms with E-state index in [0.717, 1.165) is 48.8 Å². The smallest absolute Gasteiger partial charge is 0.319 e. The molecule has 5 nitrogen and oxygen atoms in total. The summed E-state index contributed by atoms with van der Waals surface area (Å²) in [5, 5.41) is 6.31. The Balaban J connectivity index is 1.04. The molecular weight excluding hydrogens is 444 g/mol. The molecule has 194 valence electrons.